The van der Waals surface area contributed by atoms with Gasteiger partial charge in [-0.2, -0.15) is 0 Å². The first kappa shape index (κ1) is 11.5. The Morgan fingerprint density at radius 3 is 2.00 bits per heavy atom. The van der Waals surface area contributed by atoms with Gasteiger partial charge in [-0.3, -0.25) is 0 Å². The molecule has 1 heteroatoms. The first-order valence-corrected chi connectivity index (χ1v) is 4.64. The lowest BCUT2D eigenvalue weighted by Crippen LogP contribution is -2.30. The molecule has 0 saturated heterocycles. The van der Waals surface area contributed by atoms with E-state index in [4.69, 9.17) is 0 Å². The Bertz CT molecular complexity index is 151. The molecule has 0 rings (SSSR count). The molecule has 0 aromatic heterocycles. The third-order valence-electron chi connectivity index (χ3n) is 1.87. The van der Waals surface area contributed by atoms with Crippen LogP contribution in [0.15, 0.2) is 12.3 Å². The molecule has 0 amide bonds. The molecule has 0 saturated carbocycles. The molecule has 0 fully saturated rings. The van der Waals surface area contributed by atoms with Crippen molar-refractivity contribution in [3.05, 3.63) is 12.3 Å². The lowest BCUT2D eigenvalue weighted by Gasteiger charge is -2.31. The van der Waals surface area contributed by atoms with Crippen LogP contribution in [0, 0.1) is 11.3 Å². The van der Waals surface area contributed by atoms with Crippen molar-refractivity contribution in [3.63, 3.8) is 0 Å². The van der Waals surface area contributed by atoms with Crippen molar-refractivity contribution < 1.29 is 0 Å². The summed E-state index contributed by atoms with van der Waals surface area (Å²) in [5.41, 5.74) is 1.58. The van der Waals surface area contributed by atoms with Crippen molar-refractivity contribution in [1.29, 1.82) is 0 Å². The summed E-state index contributed by atoms with van der Waals surface area (Å²) >= 11 is 0. The molecule has 0 aromatic carbocycles. The van der Waals surface area contributed by atoms with Crippen LogP contribution in [-0.4, -0.2) is 18.5 Å². The van der Waals surface area contributed by atoms with Crippen LogP contribution in [0.3, 0.4) is 0 Å². The van der Waals surface area contributed by atoms with E-state index in [2.05, 4.69) is 53.1 Å². The highest BCUT2D eigenvalue weighted by Crippen LogP contribution is 2.19. The molecule has 0 heterocycles. The number of hydrogen-bond acceptors (Lipinski definition) is 1. The van der Waals surface area contributed by atoms with Gasteiger partial charge in [0.15, 0.2) is 0 Å². The largest absolute Gasteiger partial charge is 0.378 e. The highest BCUT2D eigenvalue weighted by molar-refractivity contribution is 4.96. The maximum atomic E-state index is 4.06. The Hall–Kier alpha value is -0.460. The maximum Gasteiger partial charge on any atom is 0.0220 e. The Kier molecular flexibility index (Phi) is 3.82. The molecular formula is C11H23N. The van der Waals surface area contributed by atoms with Crippen LogP contribution >= 0.6 is 0 Å². The first-order valence-electron chi connectivity index (χ1n) is 4.64. The van der Waals surface area contributed by atoms with Gasteiger partial charge in [0.05, 0.1) is 0 Å². The number of rotatable bonds is 3. The van der Waals surface area contributed by atoms with Crippen LogP contribution in [-0.2, 0) is 0 Å². The zero-order valence-corrected chi connectivity index (χ0v) is 9.44. The average Bonchev–Trinajstić information content (AvgIpc) is 1.82. The zero-order chi connectivity index (χ0) is 9.94. The summed E-state index contributed by atoms with van der Waals surface area (Å²) in [5, 5.41) is 0. The van der Waals surface area contributed by atoms with Gasteiger partial charge in [0.2, 0.25) is 0 Å². The lowest BCUT2D eigenvalue weighted by molar-refractivity contribution is 0.254. The summed E-state index contributed by atoms with van der Waals surface area (Å²) in [6, 6.07) is 0. The van der Waals surface area contributed by atoms with E-state index in [1.54, 1.807) is 0 Å². The molecule has 0 atom stereocenters. The molecule has 0 unspecified atom stereocenters. The molecule has 0 aromatic rings. The maximum absolute atomic E-state index is 4.06. The van der Waals surface area contributed by atoms with Gasteiger partial charge >= 0.3 is 0 Å². The SMILES string of the molecule is C=C(C(C)C)N(C)CC(C)(C)C. The standard InChI is InChI=1S/C11H23N/c1-9(2)10(3)12(7)8-11(4,5)6/h9H,3,8H2,1-2,4-7H3. The van der Waals surface area contributed by atoms with E-state index in [9.17, 15) is 0 Å². The summed E-state index contributed by atoms with van der Waals surface area (Å²) < 4.78 is 0. The van der Waals surface area contributed by atoms with Crippen LogP contribution < -0.4 is 0 Å². The van der Waals surface area contributed by atoms with Crippen LogP contribution in [0.4, 0.5) is 0 Å². The summed E-state index contributed by atoms with van der Waals surface area (Å²) in [5.74, 6) is 0.553. The Balaban J connectivity index is 4.05. The Morgan fingerprint density at radius 2 is 1.75 bits per heavy atom. The van der Waals surface area contributed by atoms with Gasteiger partial charge in [-0.15, -0.1) is 0 Å². The highest BCUT2D eigenvalue weighted by atomic mass is 15.1. The van der Waals surface area contributed by atoms with Gasteiger partial charge in [-0.25, -0.2) is 0 Å². The summed E-state index contributed by atoms with van der Waals surface area (Å²) in [6.45, 7) is 16.2. The minimum absolute atomic E-state index is 0.354. The van der Waals surface area contributed by atoms with Crippen molar-refractivity contribution in [1.82, 2.24) is 4.90 Å². The second-order valence-corrected chi connectivity index (χ2v) is 5.06. The molecule has 0 radical (unpaired) electrons. The predicted molar refractivity (Wildman–Crippen MR) is 56.1 cm³/mol. The van der Waals surface area contributed by atoms with Gasteiger partial charge in [-0.1, -0.05) is 41.2 Å². The van der Waals surface area contributed by atoms with Gasteiger partial charge in [-0.05, 0) is 11.3 Å². The first-order chi connectivity index (χ1) is 5.24. The quantitative estimate of drug-likeness (QED) is 0.627. The minimum Gasteiger partial charge on any atom is -0.378 e. The minimum atomic E-state index is 0.354. The Labute approximate surface area is 77.5 Å². The highest BCUT2D eigenvalue weighted by Gasteiger charge is 2.15. The van der Waals surface area contributed by atoms with E-state index < -0.39 is 0 Å². The second kappa shape index (κ2) is 3.97. The van der Waals surface area contributed by atoms with Crippen LogP contribution in [0.5, 0.6) is 0 Å². The van der Waals surface area contributed by atoms with Crippen molar-refractivity contribution >= 4 is 0 Å². The van der Waals surface area contributed by atoms with E-state index in [-0.39, 0.29) is 0 Å². The number of hydrogen-bond donors (Lipinski definition) is 0. The summed E-state index contributed by atoms with van der Waals surface area (Å²) in [4.78, 5) is 2.25. The molecule has 0 bridgehead atoms. The summed E-state index contributed by atoms with van der Waals surface area (Å²) in [6.07, 6.45) is 0. The smallest absolute Gasteiger partial charge is 0.0220 e. The van der Waals surface area contributed by atoms with Crippen molar-refractivity contribution in [2.45, 2.75) is 34.6 Å². The Morgan fingerprint density at radius 1 is 1.33 bits per heavy atom. The molecule has 12 heavy (non-hydrogen) atoms. The average molecular weight is 169 g/mol. The third kappa shape index (κ3) is 4.42. The van der Waals surface area contributed by atoms with Crippen molar-refractivity contribution in [2.75, 3.05) is 13.6 Å². The fraction of sp³-hybridized carbons (Fsp3) is 0.818. The predicted octanol–water partition coefficient (Wildman–Crippen LogP) is 3.13. The van der Waals surface area contributed by atoms with Crippen molar-refractivity contribution in [2.24, 2.45) is 11.3 Å². The van der Waals surface area contributed by atoms with Gasteiger partial charge in [0.25, 0.3) is 0 Å². The molecule has 0 aliphatic carbocycles. The molecule has 0 N–H and O–H groups in total. The normalized spacial score (nSPS) is 11.9. The molecule has 1 nitrogen and oxygen atoms in total. The van der Waals surface area contributed by atoms with Gasteiger partial charge in [0.1, 0.15) is 0 Å². The number of allylic oxidation sites excluding steroid dienone is 1. The molecule has 72 valence electrons. The van der Waals surface area contributed by atoms with Gasteiger partial charge in [0, 0.05) is 19.3 Å². The van der Waals surface area contributed by atoms with E-state index >= 15 is 0 Å². The van der Waals surface area contributed by atoms with E-state index in [0.717, 1.165) is 6.54 Å². The molecule has 0 spiro atoms. The van der Waals surface area contributed by atoms with E-state index in [0.29, 0.717) is 11.3 Å². The fourth-order valence-electron chi connectivity index (χ4n) is 1.25. The molecule has 0 aliphatic rings. The second-order valence-electron chi connectivity index (χ2n) is 5.06. The van der Waals surface area contributed by atoms with Crippen LogP contribution in [0.1, 0.15) is 34.6 Å². The monoisotopic (exact) mass is 169 g/mol. The molecular weight excluding hydrogens is 146 g/mol. The number of nitrogens with zero attached hydrogens (tertiary/aromatic N) is 1. The van der Waals surface area contributed by atoms with Gasteiger partial charge < -0.3 is 4.90 Å². The summed E-state index contributed by atoms with van der Waals surface area (Å²) in [7, 11) is 2.12. The fourth-order valence-corrected chi connectivity index (χ4v) is 1.25. The zero-order valence-electron chi connectivity index (χ0n) is 9.44. The topological polar surface area (TPSA) is 3.24 Å². The molecule has 0 aliphatic heterocycles. The van der Waals surface area contributed by atoms with Crippen LogP contribution in [0.25, 0.3) is 0 Å². The van der Waals surface area contributed by atoms with E-state index in [1.165, 1.54) is 5.70 Å². The van der Waals surface area contributed by atoms with Crippen molar-refractivity contribution in [3.8, 4) is 0 Å². The van der Waals surface area contributed by atoms with Crippen LogP contribution in [0.2, 0.25) is 0 Å². The third-order valence-corrected chi connectivity index (χ3v) is 1.87. The van der Waals surface area contributed by atoms with E-state index in [1.807, 2.05) is 0 Å². The lowest BCUT2D eigenvalue weighted by atomic mass is 9.95.